The largest absolute Gasteiger partial charge is 0.345 e. The number of H-pyrrole nitrogens is 1. The fourth-order valence-corrected chi connectivity index (χ4v) is 3.32. The minimum atomic E-state index is -0.179. The lowest BCUT2D eigenvalue weighted by Gasteiger charge is -2.33. The molecule has 1 saturated heterocycles. The Balaban J connectivity index is 1.86. The van der Waals surface area contributed by atoms with Gasteiger partial charge in [-0.25, -0.2) is 4.98 Å². The highest BCUT2D eigenvalue weighted by Gasteiger charge is 2.27. The Morgan fingerprint density at radius 3 is 2.83 bits per heavy atom. The summed E-state index contributed by atoms with van der Waals surface area (Å²) in [6.45, 7) is 6.97. The van der Waals surface area contributed by atoms with E-state index in [0.29, 0.717) is 11.0 Å². The first-order chi connectivity index (χ1) is 11.7. The number of carbonyl (C=O) groups is 1. The molecular weight excluding hydrogens is 326 g/mol. The number of amides is 1. The molecule has 4 N–H and O–H groups in total. The lowest BCUT2D eigenvalue weighted by molar-refractivity contribution is 0.0908. The van der Waals surface area contributed by atoms with Crippen molar-refractivity contribution < 1.29 is 4.79 Å². The van der Waals surface area contributed by atoms with Crippen molar-refractivity contribution in [3.63, 3.8) is 0 Å². The first kappa shape index (κ1) is 19.2. The zero-order valence-electron chi connectivity index (χ0n) is 14.8. The molecular formula is C17H30ClN5O. The highest BCUT2D eigenvalue weighted by molar-refractivity contribution is 6.30. The van der Waals surface area contributed by atoms with Gasteiger partial charge in [-0.05, 0) is 32.4 Å². The van der Waals surface area contributed by atoms with Gasteiger partial charge in [0.2, 0.25) is 0 Å². The van der Waals surface area contributed by atoms with Crippen molar-refractivity contribution in [2.24, 2.45) is 0 Å². The summed E-state index contributed by atoms with van der Waals surface area (Å²) in [4.78, 5) is 19.6. The summed E-state index contributed by atoms with van der Waals surface area (Å²) in [6, 6.07) is 0.360. The van der Waals surface area contributed by atoms with Crippen molar-refractivity contribution in [3.05, 3.63) is 16.7 Å². The van der Waals surface area contributed by atoms with Gasteiger partial charge in [0.05, 0.1) is 5.69 Å². The standard InChI is InChI=1S/C17H30ClN5O/c1-3-5-6-7-9-20-14-11-19-10-8-13(14)22-17(24)16-21-12(4-2)15(18)23-16/h13-14,19-20H,3-11H2,1-2H3,(H,21,23)(H,22,24). The lowest BCUT2D eigenvalue weighted by Crippen LogP contribution is -2.58. The van der Waals surface area contributed by atoms with Crippen LogP contribution in [0.2, 0.25) is 5.15 Å². The van der Waals surface area contributed by atoms with E-state index in [1.807, 2.05) is 6.92 Å². The number of unbranched alkanes of at least 4 members (excludes halogenated alkanes) is 3. The van der Waals surface area contributed by atoms with E-state index in [0.717, 1.165) is 38.2 Å². The number of aromatic nitrogens is 2. The second kappa shape index (κ2) is 10.0. The Bertz CT molecular complexity index is 519. The van der Waals surface area contributed by atoms with Crippen LogP contribution in [0.1, 0.15) is 62.3 Å². The second-order valence-corrected chi connectivity index (χ2v) is 6.76. The van der Waals surface area contributed by atoms with Crippen LogP contribution in [-0.4, -0.2) is 47.6 Å². The fraction of sp³-hybridized carbons (Fsp3) is 0.765. The van der Waals surface area contributed by atoms with Crippen molar-refractivity contribution in [1.29, 1.82) is 0 Å². The molecule has 0 aromatic carbocycles. The van der Waals surface area contributed by atoms with Gasteiger partial charge in [-0.1, -0.05) is 44.7 Å². The first-order valence-electron chi connectivity index (χ1n) is 9.15. The highest BCUT2D eigenvalue weighted by Crippen LogP contribution is 2.13. The normalized spacial score (nSPS) is 21.0. The molecule has 7 heteroatoms. The van der Waals surface area contributed by atoms with E-state index in [2.05, 4.69) is 32.8 Å². The van der Waals surface area contributed by atoms with Gasteiger partial charge in [0.1, 0.15) is 0 Å². The third kappa shape index (κ3) is 5.46. The maximum atomic E-state index is 12.4. The molecule has 1 aliphatic rings. The van der Waals surface area contributed by atoms with Crippen LogP contribution in [0, 0.1) is 0 Å². The summed E-state index contributed by atoms with van der Waals surface area (Å²) in [7, 11) is 0. The van der Waals surface area contributed by atoms with Crippen molar-refractivity contribution in [3.8, 4) is 0 Å². The highest BCUT2D eigenvalue weighted by atomic mass is 35.5. The Morgan fingerprint density at radius 2 is 2.12 bits per heavy atom. The van der Waals surface area contributed by atoms with Gasteiger partial charge in [-0.2, -0.15) is 0 Å². The number of piperidine rings is 1. The fourth-order valence-electron chi connectivity index (χ4n) is 3.05. The molecule has 24 heavy (non-hydrogen) atoms. The molecule has 136 valence electrons. The van der Waals surface area contributed by atoms with Crippen molar-refractivity contribution in [2.75, 3.05) is 19.6 Å². The minimum Gasteiger partial charge on any atom is -0.345 e. The second-order valence-electron chi connectivity index (χ2n) is 6.40. The summed E-state index contributed by atoms with van der Waals surface area (Å²) in [6.07, 6.45) is 6.60. The molecule has 0 aliphatic carbocycles. The first-order valence-corrected chi connectivity index (χ1v) is 9.52. The van der Waals surface area contributed by atoms with E-state index >= 15 is 0 Å². The molecule has 2 atom stereocenters. The number of rotatable bonds is 9. The Labute approximate surface area is 149 Å². The molecule has 0 spiro atoms. The third-order valence-corrected chi connectivity index (χ3v) is 4.84. The molecule has 0 radical (unpaired) electrons. The van der Waals surface area contributed by atoms with E-state index in [4.69, 9.17) is 11.6 Å². The monoisotopic (exact) mass is 355 g/mol. The van der Waals surface area contributed by atoms with E-state index < -0.39 is 0 Å². The van der Waals surface area contributed by atoms with Gasteiger partial charge in [-0.3, -0.25) is 4.79 Å². The van der Waals surface area contributed by atoms with Gasteiger partial charge >= 0.3 is 0 Å². The van der Waals surface area contributed by atoms with Gasteiger partial charge in [-0.15, -0.1) is 0 Å². The number of nitrogens with one attached hydrogen (secondary N) is 4. The Kier molecular flexibility index (Phi) is 8.02. The van der Waals surface area contributed by atoms with Crippen LogP contribution in [0.15, 0.2) is 0 Å². The van der Waals surface area contributed by atoms with E-state index in [1.54, 1.807) is 0 Å². The van der Waals surface area contributed by atoms with Crippen LogP contribution in [0.25, 0.3) is 0 Å². The van der Waals surface area contributed by atoms with Crippen molar-refractivity contribution >= 4 is 17.5 Å². The predicted octanol–water partition coefficient (Wildman–Crippen LogP) is 2.26. The van der Waals surface area contributed by atoms with Crippen LogP contribution in [0.5, 0.6) is 0 Å². The number of aromatic amines is 1. The molecule has 2 heterocycles. The van der Waals surface area contributed by atoms with Crippen LogP contribution in [0.4, 0.5) is 0 Å². The number of halogens is 1. The molecule has 1 amide bonds. The molecule has 1 fully saturated rings. The zero-order chi connectivity index (χ0) is 17.4. The van der Waals surface area contributed by atoms with Crippen LogP contribution in [-0.2, 0) is 6.42 Å². The maximum absolute atomic E-state index is 12.4. The zero-order valence-corrected chi connectivity index (χ0v) is 15.5. The summed E-state index contributed by atoms with van der Waals surface area (Å²) in [5.74, 6) is 0.123. The number of aryl methyl sites for hydroxylation is 1. The quantitative estimate of drug-likeness (QED) is 0.512. The van der Waals surface area contributed by atoms with Gasteiger partial charge in [0, 0.05) is 18.6 Å². The minimum absolute atomic E-state index is 0.110. The van der Waals surface area contributed by atoms with E-state index in [-0.39, 0.29) is 18.0 Å². The predicted molar refractivity (Wildman–Crippen MR) is 97.6 cm³/mol. The number of hydrogen-bond acceptors (Lipinski definition) is 4. The average Bonchev–Trinajstić information content (AvgIpc) is 2.97. The molecule has 0 saturated carbocycles. The van der Waals surface area contributed by atoms with Crippen molar-refractivity contribution in [2.45, 2.75) is 64.5 Å². The van der Waals surface area contributed by atoms with Gasteiger partial charge < -0.3 is 20.9 Å². The van der Waals surface area contributed by atoms with Crippen LogP contribution < -0.4 is 16.0 Å². The topological polar surface area (TPSA) is 81.8 Å². The molecule has 2 unspecified atom stereocenters. The Hall–Kier alpha value is -1.11. The molecule has 1 aromatic rings. The SMILES string of the molecule is CCCCCCNC1CNCCC1NC(=O)c1nc(Cl)c(CC)[nH]1. The molecule has 6 nitrogen and oxygen atoms in total. The van der Waals surface area contributed by atoms with Gasteiger partial charge in [0.25, 0.3) is 5.91 Å². The smallest absolute Gasteiger partial charge is 0.287 e. The Morgan fingerprint density at radius 1 is 1.29 bits per heavy atom. The molecule has 1 aliphatic heterocycles. The lowest BCUT2D eigenvalue weighted by atomic mass is 10.0. The third-order valence-electron chi connectivity index (χ3n) is 4.53. The molecule has 0 bridgehead atoms. The van der Waals surface area contributed by atoms with Gasteiger partial charge in [0.15, 0.2) is 11.0 Å². The number of imidazole rings is 1. The summed E-state index contributed by atoms with van der Waals surface area (Å²) in [5, 5.41) is 10.5. The number of carbonyl (C=O) groups excluding carboxylic acids is 1. The van der Waals surface area contributed by atoms with Crippen LogP contribution in [0.3, 0.4) is 0 Å². The summed E-state index contributed by atoms with van der Waals surface area (Å²) >= 11 is 6.03. The van der Waals surface area contributed by atoms with E-state index in [1.165, 1.54) is 25.7 Å². The van der Waals surface area contributed by atoms with E-state index in [9.17, 15) is 4.79 Å². The molecule has 2 rings (SSSR count). The molecule has 1 aromatic heterocycles. The maximum Gasteiger partial charge on any atom is 0.287 e. The summed E-state index contributed by atoms with van der Waals surface area (Å²) in [5.41, 5.74) is 0.803. The number of nitrogens with zero attached hydrogens (tertiary/aromatic N) is 1. The van der Waals surface area contributed by atoms with Crippen LogP contribution >= 0.6 is 11.6 Å². The van der Waals surface area contributed by atoms with Crippen molar-refractivity contribution in [1.82, 2.24) is 25.9 Å². The summed E-state index contributed by atoms with van der Waals surface area (Å²) < 4.78 is 0. The number of hydrogen-bond donors (Lipinski definition) is 4. The average molecular weight is 356 g/mol.